The van der Waals surface area contributed by atoms with E-state index in [1.165, 1.54) is 5.56 Å². The van der Waals surface area contributed by atoms with Crippen LogP contribution in [0.2, 0.25) is 0 Å². The summed E-state index contributed by atoms with van der Waals surface area (Å²) in [5.74, 6) is 0.804. The lowest BCUT2D eigenvalue weighted by molar-refractivity contribution is 0.590. The summed E-state index contributed by atoms with van der Waals surface area (Å²) in [6.45, 7) is 8.71. The lowest BCUT2D eigenvalue weighted by Crippen LogP contribution is -2.23. The zero-order valence-electron chi connectivity index (χ0n) is 17.7. The first-order chi connectivity index (χ1) is 14.4. The first kappa shape index (κ1) is 18.6. The van der Waals surface area contributed by atoms with E-state index in [2.05, 4.69) is 86.2 Å². The Morgan fingerprint density at radius 3 is 2.07 bits per heavy atom. The summed E-state index contributed by atoms with van der Waals surface area (Å²) in [6, 6.07) is 19.0. The molecule has 0 saturated heterocycles. The number of aromatic nitrogens is 4. The quantitative estimate of drug-likeness (QED) is 0.393. The highest BCUT2D eigenvalue weighted by atomic mass is 14.9. The molecule has 5 rings (SSSR count). The summed E-state index contributed by atoms with van der Waals surface area (Å²) < 4.78 is 0. The second-order valence-corrected chi connectivity index (χ2v) is 8.97. The van der Waals surface area contributed by atoms with Crippen LogP contribution in [0.3, 0.4) is 0 Å². The zero-order chi connectivity index (χ0) is 20.9. The predicted molar refractivity (Wildman–Crippen MR) is 119 cm³/mol. The first-order valence-corrected chi connectivity index (χ1v) is 10.2. The second kappa shape index (κ2) is 6.56. The normalized spacial score (nSPS) is 15.9. The van der Waals surface area contributed by atoms with Crippen molar-refractivity contribution < 1.29 is 0 Å². The van der Waals surface area contributed by atoms with Crippen molar-refractivity contribution in [2.75, 3.05) is 0 Å². The molecule has 0 fully saturated rings. The molecule has 4 nitrogen and oxygen atoms in total. The monoisotopic (exact) mass is 392 g/mol. The molecule has 148 valence electrons. The van der Waals surface area contributed by atoms with Crippen LogP contribution in [0.1, 0.15) is 50.3 Å². The van der Waals surface area contributed by atoms with Gasteiger partial charge in [-0.1, -0.05) is 50.2 Å². The maximum atomic E-state index is 5.02. The molecule has 0 aliphatic carbocycles. The Hall–Kier alpha value is -3.40. The van der Waals surface area contributed by atoms with Crippen molar-refractivity contribution >= 4 is 0 Å². The van der Waals surface area contributed by atoms with Crippen molar-refractivity contribution in [1.82, 2.24) is 19.9 Å². The van der Waals surface area contributed by atoms with Gasteiger partial charge >= 0.3 is 0 Å². The maximum absolute atomic E-state index is 5.02. The molecule has 0 atom stereocenters. The van der Waals surface area contributed by atoms with E-state index < -0.39 is 0 Å². The highest BCUT2D eigenvalue weighted by Crippen LogP contribution is 2.36. The van der Waals surface area contributed by atoms with E-state index in [4.69, 9.17) is 9.97 Å². The van der Waals surface area contributed by atoms with E-state index in [-0.39, 0.29) is 10.8 Å². The summed E-state index contributed by atoms with van der Waals surface area (Å²) in [4.78, 5) is 19.2. The third-order valence-corrected chi connectivity index (χ3v) is 6.25. The highest BCUT2D eigenvalue weighted by Gasteiger charge is 2.29. The van der Waals surface area contributed by atoms with E-state index in [1.54, 1.807) is 0 Å². The molecular formula is C26H24N4. The van der Waals surface area contributed by atoms with Crippen LogP contribution in [0.4, 0.5) is 0 Å². The molecule has 0 N–H and O–H groups in total. The van der Waals surface area contributed by atoms with Gasteiger partial charge in [0.25, 0.3) is 0 Å². The average molecular weight is 393 g/mol. The Labute approximate surface area is 177 Å². The van der Waals surface area contributed by atoms with E-state index in [9.17, 15) is 0 Å². The SMILES string of the molecule is CC1(C)c2cccc(c2)-c2ccnc(n2)C(C)(C)c2cccc(c2)-c2cncc1n2. The van der Waals surface area contributed by atoms with Crippen molar-refractivity contribution in [1.29, 1.82) is 0 Å². The van der Waals surface area contributed by atoms with Gasteiger partial charge < -0.3 is 0 Å². The highest BCUT2D eigenvalue weighted by molar-refractivity contribution is 5.63. The molecule has 4 aromatic rings. The Morgan fingerprint density at radius 1 is 0.667 bits per heavy atom. The molecule has 0 radical (unpaired) electrons. The van der Waals surface area contributed by atoms with Crippen molar-refractivity contribution in [3.8, 4) is 22.5 Å². The minimum absolute atomic E-state index is 0.296. The zero-order valence-corrected chi connectivity index (χ0v) is 17.7. The summed E-state index contributed by atoms with van der Waals surface area (Å²) >= 11 is 0. The molecule has 0 amide bonds. The van der Waals surface area contributed by atoms with Gasteiger partial charge in [-0.2, -0.15) is 0 Å². The van der Waals surface area contributed by atoms with Crippen molar-refractivity contribution in [2.24, 2.45) is 0 Å². The van der Waals surface area contributed by atoms with Gasteiger partial charge in [-0.3, -0.25) is 4.98 Å². The predicted octanol–water partition coefficient (Wildman–Crippen LogP) is 5.57. The smallest absolute Gasteiger partial charge is 0.138 e. The van der Waals surface area contributed by atoms with Crippen LogP contribution in [0.15, 0.2) is 73.2 Å². The van der Waals surface area contributed by atoms with Crippen molar-refractivity contribution in [3.05, 3.63) is 95.8 Å². The minimum atomic E-state index is -0.349. The summed E-state index contributed by atoms with van der Waals surface area (Å²) in [5, 5.41) is 0. The Bertz CT molecular complexity index is 1060. The summed E-state index contributed by atoms with van der Waals surface area (Å²) in [6.07, 6.45) is 5.57. The van der Waals surface area contributed by atoms with Gasteiger partial charge in [0.15, 0.2) is 0 Å². The van der Waals surface area contributed by atoms with Crippen LogP contribution >= 0.6 is 0 Å². The van der Waals surface area contributed by atoms with Gasteiger partial charge in [-0.05, 0) is 43.2 Å². The molecule has 3 heterocycles. The summed E-state index contributed by atoms with van der Waals surface area (Å²) in [7, 11) is 0. The molecule has 0 saturated carbocycles. The van der Waals surface area contributed by atoms with E-state index in [0.29, 0.717) is 0 Å². The maximum Gasteiger partial charge on any atom is 0.138 e. The minimum Gasteiger partial charge on any atom is -0.261 e. The van der Waals surface area contributed by atoms with Gasteiger partial charge in [-0.25, -0.2) is 15.0 Å². The van der Waals surface area contributed by atoms with Crippen LogP contribution in [0.25, 0.3) is 22.5 Å². The average Bonchev–Trinajstić information content (AvgIpc) is 2.79. The van der Waals surface area contributed by atoms with E-state index in [0.717, 1.165) is 39.6 Å². The van der Waals surface area contributed by atoms with Gasteiger partial charge in [0, 0.05) is 34.4 Å². The van der Waals surface area contributed by atoms with Gasteiger partial charge in [0.05, 0.1) is 23.3 Å². The number of rotatable bonds is 0. The van der Waals surface area contributed by atoms with Crippen LogP contribution in [-0.4, -0.2) is 19.9 Å². The van der Waals surface area contributed by atoms with Gasteiger partial charge in [0.1, 0.15) is 5.82 Å². The lowest BCUT2D eigenvalue weighted by Gasteiger charge is -2.27. The van der Waals surface area contributed by atoms with Crippen molar-refractivity contribution in [3.63, 3.8) is 0 Å². The fraction of sp³-hybridized carbons (Fsp3) is 0.231. The van der Waals surface area contributed by atoms with E-state index in [1.807, 2.05) is 24.7 Å². The molecule has 0 unspecified atom stereocenters. The standard InChI is InChI=1S/C26H24N4/c1-25(2)19-9-5-7-17(13-19)21-11-12-28-24(30-21)26(3,4)20-10-6-8-18(14-20)22-15-27-16-23(25)29-22/h5-16H,1-4H3. The third-order valence-electron chi connectivity index (χ3n) is 6.25. The first-order valence-electron chi connectivity index (χ1n) is 10.2. The molecule has 0 spiro atoms. The number of hydrogen-bond donors (Lipinski definition) is 0. The Morgan fingerprint density at radius 2 is 1.33 bits per heavy atom. The van der Waals surface area contributed by atoms with Crippen LogP contribution in [0, 0.1) is 0 Å². The number of fused-ring (bicyclic) bond motifs is 10. The number of nitrogens with zero attached hydrogens (tertiary/aromatic N) is 4. The molecule has 2 aromatic heterocycles. The van der Waals surface area contributed by atoms with E-state index >= 15 is 0 Å². The summed E-state index contributed by atoms with van der Waals surface area (Å²) in [5.41, 5.74) is 6.56. The molecule has 30 heavy (non-hydrogen) atoms. The molecule has 2 aromatic carbocycles. The third kappa shape index (κ3) is 2.91. The van der Waals surface area contributed by atoms with Gasteiger partial charge in [-0.15, -0.1) is 0 Å². The van der Waals surface area contributed by atoms with Crippen LogP contribution < -0.4 is 0 Å². The molecule has 4 heteroatoms. The van der Waals surface area contributed by atoms with Crippen LogP contribution in [-0.2, 0) is 10.8 Å². The number of hydrogen-bond acceptors (Lipinski definition) is 4. The lowest BCUT2D eigenvalue weighted by atomic mass is 9.80. The van der Waals surface area contributed by atoms with Crippen LogP contribution in [0.5, 0.6) is 0 Å². The van der Waals surface area contributed by atoms with Crippen molar-refractivity contribution in [2.45, 2.75) is 38.5 Å². The molecule has 8 bridgehead atoms. The Balaban J connectivity index is 1.85. The number of benzene rings is 2. The fourth-order valence-corrected chi connectivity index (χ4v) is 4.04. The fourth-order valence-electron chi connectivity index (χ4n) is 4.04. The topological polar surface area (TPSA) is 51.6 Å². The molecule has 1 aliphatic rings. The molecular weight excluding hydrogens is 368 g/mol. The largest absolute Gasteiger partial charge is 0.261 e. The van der Waals surface area contributed by atoms with Gasteiger partial charge in [0.2, 0.25) is 0 Å². The second-order valence-electron chi connectivity index (χ2n) is 8.97. The Kier molecular flexibility index (Phi) is 4.07. The molecule has 1 aliphatic heterocycles.